The smallest absolute Gasteiger partial charge is 0.238 e. The maximum Gasteiger partial charge on any atom is 0.238 e. The maximum atomic E-state index is 5.27. The molecule has 0 aromatic carbocycles. The van der Waals surface area contributed by atoms with Crippen molar-refractivity contribution in [1.29, 1.82) is 0 Å². The highest BCUT2D eigenvalue weighted by Crippen LogP contribution is 2.20. The molecule has 0 saturated carbocycles. The molecule has 0 spiro atoms. The van der Waals surface area contributed by atoms with Crippen molar-refractivity contribution in [2.75, 3.05) is 13.6 Å². The van der Waals surface area contributed by atoms with Gasteiger partial charge in [-0.15, -0.1) is 0 Å². The van der Waals surface area contributed by atoms with Crippen LogP contribution >= 0.6 is 0 Å². The van der Waals surface area contributed by atoms with Crippen LogP contribution in [-0.2, 0) is 6.42 Å². The van der Waals surface area contributed by atoms with E-state index in [0.717, 1.165) is 18.5 Å². The number of aromatic nitrogens is 2. The molecule has 2 aromatic rings. The van der Waals surface area contributed by atoms with Gasteiger partial charge < -0.3 is 14.3 Å². The van der Waals surface area contributed by atoms with Gasteiger partial charge in [0.25, 0.3) is 0 Å². The molecule has 2 heterocycles. The van der Waals surface area contributed by atoms with Crippen LogP contribution in [0.1, 0.15) is 11.5 Å². The molecule has 0 amide bonds. The zero-order valence-electron chi connectivity index (χ0n) is 8.78. The Labute approximate surface area is 87.5 Å². The summed E-state index contributed by atoms with van der Waals surface area (Å²) in [6.45, 7) is 2.77. The quantitative estimate of drug-likeness (QED) is 0.821. The van der Waals surface area contributed by atoms with E-state index in [1.807, 2.05) is 20.0 Å². The summed E-state index contributed by atoms with van der Waals surface area (Å²) in [5, 5.41) is 6.89. The Morgan fingerprint density at radius 2 is 2.33 bits per heavy atom. The number of rotatable bonds is 4. The number of hydrogen-bond acceptors (Lipinski definition) is 5. The van der Waals surface area contributed by atoms with Gasteiger partial charge >= 0.3 is 0 Å². The lowest BCUT2D eigenvalue weighted by atomic mass is 10.3. The lowest BCUT2D eigenvalue weighted by molar-refractivity contribution is 0.376. The molecule has 0 unspecified atom stereocenters. The molecule has 0 radical (unpaired) electrons. The maximum absolute atomic E-state index is 5.27. The monoisotopic (exact) mass is 207 g/mol. The van der Waals surface area contributed by atoms with Crippen molar-refractivity contribution in [1.82, 2.24) is 15.5 Å². The van der Waals surface area contributed by atoms with Crippen LogP contribution in [0.5, 0.6) is 0 Å². The number of hydrogen-bond donors (Lipinski definition) is 1. The van der Waals surface area contributed by atoms with Crippen LogP contribution in [0.4, 0.5) is 0 Å². The Morgan fingerprint density at radius 1 is 1.47 bits per heavy atom. The van der Waals surface area contributed by atoms with Gasteiger partial charge in [-0.2, -0.15) is 4.98 Å². The van der Waals surface area contributed by atoms with Crippen molar-refractivity contribution in [2.24, 2.45) is 0 Å². The van der Waals surface area contributed by atoms with Crippen LogP contribution in [0.3, 0.4) is 0 Å². The fourth-order valence-corrected chi connectivity index (χ4v) is 1.28. The third-order valence-electron chi connectivity index (χ3n) is 2.12. The fourth-order valence-electron chi connectivity index (χ4n) is 1.28. The Kier molecular flexibility index (Phi) is 2.82. The second-order valence-electron chi connectivity index (χ2n) is 3.30. The van der Waals surface area contributed by atoms with Crippen molar-refractivity contribution in [2.45, 2.75) is 13.3 Å². The molecular formula is C10H13N3O2. The van der Waals surface area contributed by atoms with E-state index in [4.69, 9.17) is 8.94 Å². The van der Waals surface area contributed by atoms with Gasteiger partial charge in [-0.1, -0.05) is 5.16 Å². The second-order valence-corrected chi connectivity index (χ2v) is 3.30. The first-order valence-electron chi connectivity index (χ1n) is 4.83. The van der Waals surface area contributed by atoms with Crippen LogP contribution in [0.25, 0.3) is 11.6 Å². The Hall–Kier alpha value is -1.62. The summed E-state index contributed by atoms with van der Waals surface area (Å²) >= 11 is 0. The molecule has 0 aliphatic rings. The second kappa shape index (κ2) is 4.27. The Bertz CT molecular complexity index is 433. The molecule has 15 heavy (non-hydrogen) atoms. The predicted octanol–water partition coefficient (Wildman–Crippen LogP) is 1.40. The molecule has 0 aliphatic heterocycles. The van der Waals surface area contributed by atoms with Crippen LogP contribution in [0, 0.1) is 6.92 Å². The van der Waals surface area contributed by atoms with Crippen molar-refractivity contribution in [3.8, 4) is 11.6 Å². The predicted molar refractivity (Wildman–Crippen MR) is 54.4 cm³/mol. The molecule has 2 aromatic heterocycles. The molecule has 0 aliphatic carbocycles. The van der Waals surface area contributed by atoms with E-state index < -0.39 is 0 Å². The van der Waals surface area contributed by atoms with Crippen LogP contribution < -0.4 is 5.32 Å². The summed E-state index contributed by atoms with van der Waals surface area (Å²) in [4.78, 5) is 4.24. The first kappa shape index (κ1) is 9.92. The van der Waals surface area contributed by atoms with Gasteiger partial charge in [0.15, 0.2) is 5.76 Å². The summed E-state index contributed by atoms with van der Waals surface area (Å²) in [6.07, 6.45) is 2.34. The van der Waals surface area contributed by atoms with E-state index >= 15 is 0 Å². The van der Waals surface area contributed by atoms with E-state index in [0.29, 0.717) is 17.5 Å². The average molecular weight is 207 g/mol. The largest absolute Gasteiger partial charge is 0.461 e. The molecule has 5 heteroatoms. The fraction of sp³-hybridized carbons (Fsp3) is 0.400. The van der Waals surface area contributed by atoms with E-state index in [1.54, 1.807) is 6.26 Å². The normalized spacial score (nSPS) is 10.8. The minimum absolute atomic E-state index is 0.517. The number of nitrogens with zero attached hydrogens (tertiary/aromatic N) is 2. The summed E-state index contributed by atoms with van der Waals surface area (Å²) in [5.41, 5.74) is 1.01. The zero-order chi connectivity index (χ0) is 10.7. The summed E-state index contributed by atoms with van der Waals surface area (Å²) in [6, 6.07) is 1.87. The molecule has 0 bridgehead atoms. The number of likely N-dealkylation sites (N-methyl/N-ethyl adjacent to an activating group) is 1. The van der Waals surface area contributed by atoms with Gasteiger partial charge in [0.2, 0.25) is 11.7 Å². The van der Waals surface area contributed by atoms with Crippen LogP contribution in [-0.4, -0.2) is 23.7 Å². The third kappa shape index (κ3) is 2.07. The van der Waals surface area contributed by atoms with Crippen molar-refractivity contribution < 1.29 is 8.94 Å². The minimum atomic E-state index is 0.517. The number of furan rings is 1. The molecule has 0 atom stereocenters. The van der Waals surface area contributed by atoms with Gasteiger partial charge in [0.05, 0.1) is 6.26 Å². The van der Waals surface area contributed by atoms with Crippen LogP contribution in [0.15, 0.2) is 21.3 Å². The molecular weight excluding hydrogens is 194 g/mol. The molecule has 5 nitrogen and oxygen atoms in total. The molecule has 80 valence electrons. The lowest BCUT2D eigenvalue weighted by Gasteiger charge is -1.91. The number of nitrogens with one attached hydrogen (secondary N) is 1. The van der Waals surface area contributed by atoms with E-state index in [9.17, 15) is 0 Å². The zero-order valence-corrected chi connectivity index (χ0v) is 8.78. The Morgan fingerprint density at radius 3 is 3.00 bits per heavy atom. The standard InChI is InChI=1S/C10H13N3O2/c1-7-4-6-14-9(7)10-12-8(15-13-10)3-5-11-2/h4,6,11H,3,5H2,1-2H3. The SMILES string of the molecule is CNCCc1nc(-c2occc2C)no1. The lowest BCUT2D eigenvalue weighted by Crippen LogP contribution is -2.10. The average Bonchev–Trinajstić information content (AvgIpc) is 2.83. The summed E-state index contributed by atoms with van der Waals surface area (Å²) in [7, 11) is 1.88. The third-order valence-corrected chi connectivity index (χ3v) is 2.12. The number of aryl methyl sites for hydroxylation is 1. The van der Waals surface area contributed by atoms with Gasteiger partial charge in [-0.3, -0.25) is 0 Å². The minimum Gasteiger partial charge on any atom is -0.461 e. The molecule has 0 saturated heterocycles. The van der Waals surface area contributed by atoms with Gasteiger partial charge in [-0.05, 0) is 25.6 Å². The Balaban J connectivity index is 2.17. The highest BCUT2D eigenvalue weighted by molar-refractivity contribution is 5.50. The van der Waals surface area contributed by atoms with Crippen molar-refractivity contribution in [3.63, 3.8) is 0 Å². The van der Waals surface area contributed by atoms with Crippen molar-refractivity contribution >= 4 is 0 Å². The van der Waals surface area contributed by atoms with Gasteiger partial charge in [-0.25, -0.2) is 0 Å². The van der Waals surface area contributed by atoms with Crippen molar-refractivity contribution in [3.05, 3.63) is 23.8 Å². The summed E-state index contributed by atoms with van der Waals surface area (Å²) in [5.74, 6) is 1.81. The molecule has 0 fully saturated rings. The van der Waals surface area contributed by atoms with E-state index in [2.05, 4.69) is 15.5 Å². The van der Waals surface area contributed by atoms with Gasteiger partial charge in [0, 0.05) is 13.0 Å². The summed E-state index contributed by atoms with van der Waals surface area (Å²) < 4.78 is 10.4. The first-order valence-corrected chi connectivity index (χ1v) is 4.83. The highest BCUT2D eigenvalue weighted by atomic mass is 16.5. The first-order chi connectivity index (χ1) is 7.31. The van der Waals surface area contributed by atoms with E-state index in [-0.39, 0.29) is 0 Å². The van der Waals surface area contributed by atoms with Crippen LogP contribution in [0.2, 0.25) is 0 Å². The molecule has 1 N–H and O–H groups in total. The van der Waals surface area contributed by atoms with Gasteiger partial charge in [0.1, 0.15) is 0 Å². The van der Waals surface area contributed by atoms with E-state index in [1.165, 1.54) is 0 Å². The highest BCUT2D eigenvalue weighted by Gasteiger charge is 2.12. The molecule has 2 rings (SSSR count). The topological polar surface area (TPSA) is 64.1 Å².